The summed E-state index contributed by atoms with van der Waals surface area (Å²) in [7, 11) is 0. The van der Waals surface area contributed by atoms with Crippen molar-refractivity contribution < 1.29 is 9.21 Å². The maximum absolute atomic E-state index is 12.3. The van der Waals surface area contributed by atoms with Crippen LogP contribution in [0.2, 0.25) is 0 Å². The summed E-state index contributed by atoms with van der Waals surface area (Å²) in [5.41, 5.74) is 0.881. The standard InChI is InChI=1S/C13H20BrNO2/c1-5-6-15(8-9(2)3)13(16)12-10(4)7-11(14)17-12/h7,9H,5-6,8H2,1-4H3. The van der Waals surface area contributed by atoms with Gasteiger partial charge in [0, 0.05) is 18.7 Å². The van der Waals surface area contributed by atoms with E-state index in [2.05, 4.69) is 36.7 Å². The number of furan rings is 1. The Morgan fingerprint density at radius 2 is 2.18 bits per heavy atom. The van der Waals surface area contributed by atoms with E-state index in [0.29, 0.717) is 16.3 Å². The Balaban J connectivity index is 2.87. The number of rotatable bonds is 5. The largest absolute Gasteiger partial charge is 0.444 e. The van der Waals surface area contributed by atoms with Gasteiger partial charge >= 0.3 is 0 Å². The summed E-state index contributed by atoms with van der Waals surface area (Å²) in [4.78, 5) is 14.2. The number of hydrogen-bond acceptors (Lipinski definition) is 2. The lowest BCUT2D eigenvalue weighted by molar-refractivity contribution is 0.0701. The monoisotopic (exact) mass is 301 g/mol. The highest BCUT2D eigenvalue weighted by molar-refractivity contribution is 9.10. The molecule has 0 spiro atoms. The van der Waals surface area contributed by atoms with Gasteiger partial charge in [-0.2, -0.15) is 0 Å². The molecule has 1 aromatic heterocycles. The van der Waals surface area contributed by atoms with E-state index in [1.165, 1.54) is 0 Å². The number of nitrogens with zero attached hydrogens (tertiary/aromatic N) is 1. The molecule has 0 fully saturated rings. The molecule has 1 heterocycles. The van der Waals surface area contributed by atoms with Gasteiger partial charge in [0.2, 0.25) is 0 Å². The van der Waals surface area contributed by atoms with Gasteiger partial charge in [0.25, 0.3) is 5.91 Å². The van der Waals surface area contributed by atoms with Crippen LogP contribution in [0.1, 0.15) is 43.3 Å². The highest BCUT2D eigenvalue weighted by Crippen LogP contribution is 2.21. The van der Waals surface area contributed by atoms with E-state index in [0.717, 1.165) is 25.1 Å². The lowest BCUT2D eigenvalue weighted by Gasteiger charge is -2.23. The molecule has 0 saturated heterocycles. The van der Waals surface area contributed by atoms with E-state index >= 15 is 0 Å². The van der Waals surface area contributed by atoms with Crippen molar-refractivity contribution in [2.24, 2.45) is 5.92 Å². The van der Waals surface area contributed by atoms with Crippen LogP contribution in [-0.4, -0.2) is 23.9 Å². The second-order valence-corrected chi connectivity index (χ2v) is 5.49. The molecule has 0 bridgehead atoms. The van der Waals surface area contributed by atoms with Crippen molar-refractivity contribution in [1.29, 1.82) is 0 Å². The fraction of sp³-hybridized carbons (Fsp3) is 0.615. The summed E-state index contributed by atoms with van der Waals surface area (Å²) >= 11 is 3.25. The molecule has 0 radical (unpaired) electrons. The number of amides is 1. The van der Waals surface area contributed by atoms with E-state index in [4.69, 9.17) is 4.42 Å². The van der Waals surface area contributed by atoms with Crippen molar-refractivity contribution in [1.82, 2.24) is 4.90 Å². The molecule has 0 saturated carbocycles. The third kappa shape index (κ3) is 3.87. The Morgan fingerprint density at radius 1 is 1.53 bits per heavy atom. The molecule has 0 unspecified atom stereocenters. The van der Waals surface area contributed by atoms with E-state index in [9.17, 15) is 4.79 Å². The lowest BCUT2D eigenvalue weighted by Crippen LogP contribution is -2.35. The van der Waals surface area contributed by atoms with E-state index in [1.54, 1.807) is 0 Å². The second kappa shape index (κ2) is 6.24. The van der Waals surface area contributed by atoms with Crippen LogP contribution in [0, 0.1) is 12.8 Å². The van der Waals surface area contributed by atoms with Gasteiger partial charge in [-0.05, 0) is 41.3 Å². The maximum atomic E-state index is 12.3. The summed E-state index contributed by atoms with van der Waals surface area (Å²) in [6, 6.07) is 1.83. The lowest BCUT2D eigenvalue weighted by atomic mass is 10.2. The molecule has 0 aliphatic heterocycles. The average molecular weight is 302 g/mol. The summed E-state index contributed by atoms with van der Waals surface area (Å²) in [5.74, 6) is 0.902. The SMILES string of the molecule is CCCN(CC(C)C)C(=O)c1oc(Br)cc1C. The second-order valence-electron chi connectivity index (χ2n) is 4.71. The molecule has 4 heteroatoms. The van der Waals surface area contributed by atoms with Crippen LogP contribution in [0.3, 0.4) is 0 Å². The van der Waals surface area contributed by atoms with Crippen molar-refractivity contribution in [2.75, 3.05) is 13.1 Å². The molecule has 0 aliphatic rings. The first-order chi connectivity index (χ1) is 7.95. The average Bonchev–Trinajstić information content (AvgIpc) is 2.55. The highest BCUT2D eigenvalue weighted by atomic mass is 79.9. The highest BCUT2D eigenvalue weighted by Gasteiger charge is 2.21. The number of aryl methyl sites for hydroxylation is 1. The first kappa shape index (κ1) is 14.3. The Labute approximate surface area is 111 Å². The quantitative estimate of drug-likeness (QED) is 0.827. The summed E-state index contributed by atoms with van der Waals surface area (Å²) in [6.45, 7) is 9.73. The predicted octanol–water partition coefficient (Wildman–Crippen LogP) is 3.86. The molecule has 3 nitrogen and oxygen atoms in total. The Bertz CT molecular complexity index is 385. The summed E-state index contributed by atoms with van der Waals surface area (Å²) in [5, 5.41) is 0. The van der Waals surface area contributed by atoms with Crippen molar-refractivity contribution in [3.05, 3.63) is 22.1 Å². The van der Waals surface area contributed by atoms with Crippen molar-refractivity contribution in [3.8, 4) is 0 Å². The normalized spacial score (nSPS) is 10.9. The van der Waals surface area contributed by atoms with Crippen molar-refractivity contribution in [2.45, 2.75) is 34.1 Å². The molecule has 17 heavy (non-hydrogen) atoms. The Hall–Kier alpha value is -0.770. The third-order valence-electron chi connectivity index (χ3n) is 2.45. The smallest absolute Gasteiger partial charge is 0.289 e. The molecule has 1 rings (SSSR count). The Morgan fingerprint density at radius 3 is 2.59 bits per heavy atom. The molecule has 96 valence electrons. The van der Waals surface area contributed by atoms with Crippen LogP contribution in [0.5, 0.6) is 0 Å². The number of halogens is 1. The minimum Gasteiger partial charge on any atom is -0.444 e. The van der Waals surface area contributed by atoms with Crippen molar-refractivity contribution in [3.63, 3.8) is 0 Å². The summed E-state index contributed by atoms with van der Waals surface area (Å²) in [6.07, 6.45) is 0.958. The van der Waals surface area contributed by atoms with Gasteiger partial charge in [0.1, 0.15) is 0 Å². The molecule has 1 amide bonds. The first-order valence-electron chi connectivity index (χ1n) is 6.00. The van der Waals surface area contributed by atoms with Crippen LogP contribution in [0.4, 0.5) is 0 Å². The van der Waals surface area contributed by atoms with Gasteiger partial charge < -0.3 is 9.32 Å². The van der Waals surface area contributed by atoms with E-state index in [-0.39, 0.29) is 5.91 Å². The Kier molecular flexibility index (Phi) is 5.25. The van der Waals surface area contributed by atoms with Gasteiger partial charge in [-0.1, -0.05) is 20.8 Å². The fourth-order valence-electron chi connectivity index (χ4n) is 1.79. The maximum Gasteiger partial charge on any atom is 0.289 e. The van der Waals surface area contributed by atoms with E-state index < -0.39 is 0 Å². The van der Waals surface area contributed by atoms with Gasteiger partial charge in [-0.15, -0.1) is 0 Å². The van der Waals surface area contributed by atoms with Crippen LogP contribution in [0.25, 0.3) is 0 Å². The minimum absolute atomic E-state index is 0.0104. The van der Waals surface area contributed by atoms with Crippen LogP contribution in [-0.2, 0) is 0 Å². The number of hydrogen-bond donors (Lipinski definition) is 0. The zero-order chi connectivity index (χ0) is 13.0. The molecule has 0 aromatic carbocycles. The van der Waals surface area contributed by atoms with Crippen molar-refractivity contribution >= 4 is 21.8 Å². The van der Waals surface area contributed by atoms with Gasteiger partial charge in [-0.25, -0.2) is 0 Å². The third-order valence-corrected chi connectivity index (χ3v) is 2.84. The van der Waals surface area contributed by atoms with Gasteiger partial charge in [-0.3, -0.25) is 4.79 Å². The number of carbonyl (C=O) groups excluding carboxylic acids is 1. The molecule has 1 aromatic rings. The topological polar surface area (TPSA) is 33.5 Å². The predicted molar refractivity (Wildman–Crippen MR) is 72.2 cm³/mol. The van der Waals surface area contributed by atoms with Gasteiger partial charge in [0.15, 0.2) is 10.4 Å². The molecular formula is C13H20BrNO2. The van der Waals surface area contributed by atoms with Crippen LogP contribution in [0.15, 0.2) is 15.2 Å². The fourth-order valence-corrected chi connectivity index (χ4v) is 2.29. The van der Waals surface area contributed by atoms with Crippen LogP contribution >= 0.6 is 15.9 Å². The first-order valence-corrected chi connectivity index (χ1v) is 6.80. The summed E-state index contributed by atoms with van der Waals surface area (Å²) < 4.78 is 6.02. The zero-order valence-corrected chi connectivity index (χ0v) is 12.5. The molecule has 0 atom stereocenters. The molecule has 0 aliphatic carbocycles. The van der Waals surface area contributed by atoms with E-state index in [1.807, 2.05) is 17.9 Å². The zero-order valence-electron chi connectivity index (χ0n) is 10.9. The molecule has 0 N–H and O–H groups in total. The molecular weight excluding hydrogens is 282 g/mol. The van der Waals surface area contributed by atoms with Gasteiger partial charge in [0.05, 0.1) is 0 Å². The number of carbonyl (C=O) groups is 1. The van der Waals surface area contributed by atoms with Crippen LogP contribution < -0.4 is 0 Å². The minimum atomic E-state index is -0.0104.